The summed E-state index contributed by atoms with van der Waals surface area (Å²) in [6.07, 6.45) is 0. The fraction of sp³-hybridized carbons (Fsp3) is 0.143. The molecule has 2 aromatic carbocycles. The van der Waals surface area contributed by atoms with Gasteiger partial charge < -0.3 is 4.74 Å². The second kappa shape index (κ2) is 6.38. The molecule has 94 valence electrons. The maximum Gasteiger partial charge on any atom is 0.124 e. The number of alkyl halides is 1. The van der Waals surface area contributed by atoms with Crippen LogP contribution in [-0.2, 0) is 12.5 Å². The molecule has 0 radical (unpaired) electrons. The third kappa shape index (κ3) is 3.59. The molecule has 0 aliphatic rings. The summed E-state index contributed by atoms with van der Waals surface area (Å²) in [4.78, 5) is 0. The molecule has 0 unspecified atom stereocenters. The Morgan fingerprint density at radius 2 is 1.83 bits per heavy atom. The van der Waals surface area contributed by atoms with E-state index in [0.29, 0.717) is 17.9 Å². The zero-order valence-electron chi connectivity index (χ0n) is 9.50. The average Bonchev–Trinajstić information content (AvgIpc) is 2.39. The summed E-state index contributed by atoms with van der Waals surface area (Å²) in [5, 5.41) is 0. The molecule has 0 bridgehead atoms. The predicted molar refractivity (Wildman–Crippen MR) is 79.4 cm³/mol. The van der Waals surface area contributed by atoms with Gasteiger partial charge in [0, 0.05) is 9.13 Å². The Morgan fingerprint density at radius 3 is 2.50 bits per heavy atom. The molecular formula is C14H11ClFIO. The quantitative estimate of drug-likeness (QED) is 0.553. The van der Waals surface area contributed by atoms with Crippen LogP contribution in [0.3, 0.4) is 0 Å². The summed E-state index contributed by atoms with van der Waals surface area (Å²) in [7, 11) is 0. The van der Waals surface area contributed by atoms with Gasteiger partial charge in [-0.3, -0.25) is 0 Å². The fourth-order valence-corrected chi connectivity index (χ4v) is 2.10. The van der Waals surface area contributed by atoms with Crippen molar-refractivity contribution in [2.45, 2.75) is 12.5 Å². The van der Waals surface area contributed by atoms with Crippen LogP contribution in [0.25, 0.3) is 0 Å². The normalized spacial score (nSPS) is 10.4. The van der Waals surface area contributed by atoms with Crippen molar-refractivity contribution in [1.82, 2.24) is 0 Å². The Balaban J connectivity index is 2.08. The Labute approximate surface area is 124 Å². The molecule has 4 heteroatoms. The second-order valence-corrected chi connectivity index (χ2v) is 5.31. The summed E-state index contributed by atoms with van der Waals surface area (Å²) in [5.41, 5.74) is 1.74. The van der Waals surface area contributed by atoms with E-state index in [9.17, 15) is 4.39 Å². The Morgan fingerprint density at radius 1 is 1.11 bits per heavy atom. The zero-order chi connectivity index (χ0) is 13.0. The van der Waals surface area contributed by atoms with Crippen molar-refractivity contribution in [1.29, 1.82) is 0 Å². The molecular weight excluding hydrogens is 366 g/mol. The van der Waals surface area contributed by atoms with Crippen molar-refractivity contribution in [3.63, 3.8) is 0 Å². The number of benzene rings is 2. The van der Waals surface area contributed by atoms with Crippen molar-refractivity contribution < 1.29 is 9.13 Å². The maximum absolute atomic E-state index is 13.0. The molecule has 0 saturated carbocycles. The van der Waals surface area contributed by atoms with Gasteiger partial charge in [0.1, 0.15) is 18.2 Å². The molecule has 0 atom stereocenters. The maximum atomic E-state index is 13.0. The summed E-state index contributed by atoms with van der Waals surface area (Å²) in [6, 6.07) is 12.4. The van der Waals surface area contributed by atoms with E-state index >= 15 is 0 Å². The minimum atomic E-state index is -0.299. The van der Waals surface area contributed by atoms with Crippen LogP contribution in [0, 0.1) is 9.39 Å². The van der Waals surface area contributed by atoms with Gasteiger partial charge in [0.05, 0.1) is 5.88 Å². The highest BCUT2D eigenvalue weighted by Crippen LogP contribution is 2.22. The third-order valence-corrected chi connectivity index (χ3v) is 3.48. The highest BCUT2D eigenvalue weighted by molar-refractivity contribution is 14.1. The molecule has 0 heterocycles. The smallest absolute Gasteiger partial charge is 0.124 e. The number of halogens is 3. The standard InChI is InChI=1S/C14H11ClFIO/c15-8-11-7-12(16)3-6-14(11)18-9-10-1-4-13(17)5-2-10/h1-7H,8-9H2. The second-order valence-electron chi connectivity index (χ2n) is 3.80. The van der Waals surface area contributed by atoms with Crippen LogP contribution in [0.2, 0.25) is 0 Å². The van der Waals surface area contributed by atoms with Crippen molar-refractivity contribution in [2.24, 2.45) is 0 Å². The lowest BCUT2D eigenvalue weighted by Crippen LogP contribution is -1.98. The van der Waals surface area contributed by atoms with E-state index in [1.807, 2.05) is 24.3 Å². The number of ether oxygens (including phenoxy) is 1. The molecule has 0 aliphatic heterocycles. The van der Waals surface area contributed by atoms with E-state index in [4.69, 9.17) is 16.3 Å². The highest BCUT2D eigenvalue weighted by atomic mass is 127. The van der Waals surface area contributed by atoms with Crippen molar-refractivity contribution >= 4 is 34.2 Å². The summed E-state index contributed by atoms with van der Waals surface area (Å²) in [5.74, 6) is 0.567. The molecule has 0 saturated heterocycles. The van der Waals surface area contributed by atoms with Gasteiger partial charge in [-0.1, -0.05) is 12.1 Å². The first kappa shape index (κ1) is 13.6. The molecule has 0 aliphatic carbocycles. The molecule has 2 rings (SSSR count). The molecule has 1 nitrogen and oxygen atoms in total. The summed E-state index contributed by atoms with van der Waals surface area (Å²) < 4.78 is 19.9. The number of hydrogen-bond acceptors (Lipinski definition) is 1. The first-order chi connectivity index (χ1) is 8.69. The lowest BCUT2D eigenvalue weighted by molar-refractivity contribution is 0.303. The predicted octanol–water partition coefficient (Wildman–Crippen LogP) is 4.75. The molecule has 18 heavy (non-hydrogen) atoms. The summed E-state index contributed by atoms with van der Waals surface area (Å²) >= 11 is 8.01. The lowest BCUT2D eigenvalue weighted by atomic mass is 10.2. The van der Waals surface area contributed by atoms with Crippen LogP contribution >= 0.6 is 34.2 Å². The van der Waals surface area contributed by atoms with Gasteiger partial charge in [-0.2, -0.15) is 0 Å². The van der Waals surface area contributed by atoms with Crippen LogP contribution in [0.15, 0.2) is 42.5 Å². The topological polar surface area (TPSA) is 9.23 Å². The third-order valence-electron chi connectivity index (χ3n) is 2.47. The Bertz CT molecular complexity index is 528. The Hall–Kier alpha value is -0.810. The van der Waals surface area contributed by atoms with Gasteiger partial charge >= 0.3 is 0 Å². The molecule has 0 spiro atoms. The van der Waals surface area contributed by atoms with Gasteiger partial charge in [0.25, 0.3) is 0 Å². The van der Waals surface area contributed by atoms with Crippen molar-refractivity contribution in [3.8, 4) is 5.75 Å². The first-order valence-corrected chi connectivity index (χ1v) is 7.02. The number of hydrogen-bond donors (Lipinski definition) is 0. The van der Waals surface area contributed by atoms with E-state index in [0.717, 1.165) is 5.56 Å². The van der Waals surface area contributed by atoms with Gasteiger partial charge in [0.2, 0.25) is 0 Å². The zero-order valence-corrected chi connectivity index (χ0v) is 12.4. The van der Waals surface area contributed by atoms with Crippen molar-refractivity contribution in [3.05, 3.63) is 63.0 Å². The van der Waals surface area contributed by atoms with Gasteiger partial charge in [0.15, 0.2) is 0 Å². The summed E-state index contributed by atoms with van der Waals surface area (Å²) in [6.45, 7) is 0.451. The molecule has 2 aromatic rings. The van der Waals surface area contributed by atoms with E-state index < -0.39 is 0 Å². The van der Waals surface area contributed by atoms with Gasteiger partial charge in [-0.05, 0) is 58.5 Å². The highest BCUT2D eigenvalue weighted by Gasteiger charge is 2.05. The minimum Gasteiger partial charge on any atom is -0.489 e. The monoisotopic (exact) mass is 376 g/mol. The molecule has 0 fully saturated rings. The average molecular weight is 377 g/mol. The van der Waals surface area contributed by atoms with Gasteiger partial charge in [-0.25, -0.2) is 4.39 Å². The SMILES string of the molecule is Fc1ccc(OCc2ccc(I)cc2)c(CCl)c1. The first-order valence-electron chi connectivity index (χ1n) is 5.40. The van der Waals surface area contributed by atoms with E-state index in [1.165, 1.54) is 15.7 Å². The van der Waals surface area contributed by atoms with Crippen LogP contribution < -0.4 is 4.74 Å². The minimum absolute atomic E-state index is 0.236. The van der Waals surface area contributed by atoms with Crippen LogP contribution in [0.4, 0.5) is 4.39 Å². The van der Waals surface area contributed by atoms with Crippen LogP contribution in [0.1, 0.15) is 11.1 Å². The van der Waals surface area contributed by atoms with Crippen LogP contribution in [0.5, 0.6) is 5.75 Å². The van der Waals surface area contributed by atoms with E-state index in [1.54, 1.807) is 6.07 Å². The van der Waals surface area contributed by atoms with Crippen molar-refractivity contribution in [2.75, 3.05) is 0 Å². The lowest BCUT2D eigenvalue weighted by Gasteiger charge is -2.10. The number of rotatable bonds is 4. The van der Waals surface area contributed by atoms with Gasteiger partial charge in [-0.15, -0.1) is 11.6 Å². The molecule has 0 aromatic heterocycles. The van der Waals surface area contributed by atoms with E-state index in [-0.39, 0.29) is 11.7 Å². The molecule has 0 amide bonds. The Kier molecular flexibility index (Phi) is 4.83. The molecule has 0 N–H and O–H groups in total. The largest absolute Gasteiger partial charge is 0.489 e. The van der Waals surface area contributed by atoms with E-state index in [2.05, 4.69) is 22.6 Å². The fourth-order valence-electron chi connectivity index (χ4n) is 1.53. The van der Waals surface area contributed by atoms with Crippen LogP contribution in [-0.4, -0.2) is 0 Å².